The molecule has 1 aliphatic heterocycles. The highest BCUT2D eigenvalue weighted by Crippen LogP contribution is 2.29. The topological polar surface area (TPSA) is 64.2 Å². The highest BCUT2D eigenvalue weighted by atomic mass is 35.5. The van der Waals surface area contributed by atoms with Gasteiger partial charge < -0.3 is 20.3 Å². The Morgan fingerprint density at radius 3 is 2.85 bits per heavy atom. The molecule has 0 saturated carbocycles. The number of halogens is 1. The van der Waals surface area contributed by atoms with Crippen LogP contribution in [0, 0.1) is 0 Å². The maximum Gasteiger partial charge on any atom is 0.153 e. The van der Waals surface area contributed by atoms with E-state index >= 15 is 0 Å². The van der Waals surface area contributed by atoms with E-state index in [9.17, 15) is 5.11 Å². The summed E-state index contributed by atoms with van der Waals surface area (Å²) in [5, 5.41) is 14.3. The van der Waals surface area contributed by atoms with Gasteiger partial charge in [0.05, 0.1) is 18.2 Å². The smallest absolute Gasteiger partial charge is 0.153 e. The summed E-state index contributed by atoms with van der Waals surface area (Å²) in [5.41, 5.74) is 2.25. The lowest BCUT2D eigenvalue weighted by molar-refractivity contribution is 0.239. The lowest BCUT2D eigenvalue weighted by Crippen LogP contribution is -2.42. The van der Waals surface area contributed by atoms with E-state index in [0.717, 1.165) is 48.5 Å². The second-order valence-corrected chi connectivity index (χ2v) is 6.64. The van der Waals surface area contributed by atoms with Gasteiger partial charge in [0, 0.05) is 24.7 Å². The lowest BCUT2D eigenvalue weighted by Gasteiger charge is -2.35. The van der Waals surface area contributed by atoms with Gasteiger partial charge in [-0.15, -0.1) is 12.4 Å². The molecular formula is C20H25ClN4O. The number of pyridine rings is 1. The van der Waals surface area contributed by atoms with Gasteiger partial charge in [-0.25, -0.2) is 4.98 Å². The van der Waals surface area contributed by atoms with Crippen LogP contribution in [0.25, 0.3) is 10.9 Å². The number of anilines is 2. The van der Waals surface area contributed by atoms with Gasteiger partial charge in [0.15, 0.2) is 5.82 Å². The zero-order valence-electron chi connectivity index (χ0n) is 14.7. The number of H-pyrrole nitrogens is 1. The van der Waals surface area contributed by atoms with Gasteiger partial charge in [-0.3, -0.25) is 0 Å². The first-order valence-electron chi connectivity index (χ1n) is 8.98. The van der Waals surface area contributed by atoms with Crippen molar-refractivity contribution in [1.29, 1.82) is 0 Å². The molecule has 1 unspecified atom stereocenters. The van der Waals surface area contributed by atoms with Crippen LogP contribution in [0.4, 0.5) is 11.6 Å². The Morgan fingerprint density at radius 2 is 2.04 bits per heavy atom. The summed E-state index contributed by atoms with van der Waals surface area (Å²) in [6, 6.07) is 14.7. The Kier molecular flexibility index (Phi) is 6.01. The van der Waals surface area contributed by atoms with Gasteiger partial charge in [-0.05, 0) is 37.0 Å². The van der Waals surface area contributed by atoms with Gasteiger partial charge in [0.25, 0.3) is 0 Å². The number of rotatable bonds is 5. The SMILES string of the molecule is Cl.OCC1CCCCN1c1cc2cc[nH]c2c(NCc2ccccc2)n1. The van der Waals surface area contributed by atoms with Crippen molar-refractivity contribution in [2.45, 2.75) is 31.8 Å². The molecule has 1 fully saturated rings. The normalized spacial score (nSPS) is 17.1. The number of nitrogens with one attached hydrogen (secondary N) is 2. The number of hydrogen-bond donors (Lipinski definition) is 3. The molecule has 4 rings (SSSR count). The van der Waals surface area contributed by atoms with Gasteiger partial charge >= 0.3 is 0 Å². The van der Waals surface area contributed by atoms with Crippen molar-refractivity contribution in [2.75, 3.05) is 23.4 Å². The van der Waals surface area contributed by atoms with E-state index in [1.807, 2.05) is 24.4 Å². The zero-order chi connectivity index (χ0) is 17.1. The van der Waals surface area contributed by atoms with Crippen LogP contribution in [-0.2, 0) is 6.54 Å². The van der Waals surface area contributed by atoms with Crippen molar-refractivity contribution in [3.63, 3.8) is 0 Å². The number of aromatic amines is 1. The number of aliphatic hydroxyl groups is 1. The first-order chi connectivity index (χ1) is 12.3. The summed E-state index contributed by atoms with van der Waals surface area (Å²) >= 11 is 0. The van der Waals surface area contributed by atoms with Crippen molar-refractivity contribution in [1.82, 2.24) is 9.97 Å². The summed E-state index contributed by atoms with van der Waals surface area (Å²) in [4.78, 5) is 10.4. The van der Waals surface area contributed by atoms with Crippen molar-refractivity contribution in [2.24, 2.45) is 0 Å². The van der Waals surface area contributed by atoms with Gasteiger partial charge in [0.2, 0.25) is 0 Å². The predicted octanol–water partition coefficient (Wildman–Crippen LogP) is 3.95. The Labute approximate surface area is 159 Å². The van der Waals surface area contributed by atoms with Crippen LogP contribution in [0.2, 0.25) is 0 Å². The molecule has 0 aliphatic carbocycles. The minimum absolute atomic E-state index is 0. The number of fused-ring (bicyclic) bond motifs is 1. The number of nitrogens with zero attached hydrogens (tertiary/aromatic N) is 2. The largest absolute Gasteiger partial charge is 0.394 e. The van der Waals surface area contributed by atoms with Gasteiger partial charge in [-0.2, -0.15) is 0 Å². The number of hydrogen-bond acceptors (Lipinski definition) is 4. The molecule has 2 aromatic heterocycles. The van der Waals surface area contributed by atoms with Gasteiger partial charge in [-0.1, -0.05) is 30.3 Å². The summed E-state index contributed by atoms with van der Waals surface area (Å²) < 4.78 is 0. The van der Waals surface area contributed by atoms with E-state index in [1.54, 1.807) is 0 Å². The molecule has 6 heteroatoms. The predicted molar refractivity (Wildman–Crippen MR) is 109 cm³/mol. The molecule has 0 amide bonds. The fourth-order valence-corrected chi connectivity index (χ4v) is 3.60. The number of benzene rings is 1. The fourth-order valence-electron chi connectivity index (χ4n) is 3.60. The summed E-state index contributed by atoms with van der Waals surface area (Å²) in [6.45, 7) is 1.86. The quantitative estimate of drug-likeness (QED) is 0.634. The van der Waals surface area contributed by atoms with Crippen LogP contribution in [0.3, 0.4) is 0 Å². The van der Waals surface area contributed by atoms with Crippen LogP contribution in [0.1, 0.15) is 24.8 Å². The van der Waals surface area contributed by atoms with Crippen LogP contribution in [0.15, 0.2) is 48.7 Å². The Balaban J connectivity index is 0.00000196. The van der Waals surface area contributed by atoms with Gasteiger partial charge in [0.1, 0.15) is 5.82 Å². The van der Waals surface area contributed by atoms with E-state index in [0.29, 0.717) is 0 Å². The molecule has 0 bridgehead atoms. The third-order valence-corrected chi connectivity index (χ3v) is 4.96. The first kappa shape index (κ1) is 18.5. The molecule has 3 N–H and O–H groups in total. The standard InChI is InChI=1S/C20H24N4O.ClH/c25-14-17-8-4-5-11-24(17)18-12-16-9-10-21-19(16)20(23-18)22-13-15-6-2-1-3-7-15;/h1-3,6-7,9-10,12,17,21,25H,4-5,8,11,13-14H2,(H,22,23);1H. The minimum Gasteiger partial charge on any atom is -0.394 e. The fraction of sp³-hybridized carbons (Fsp3) is 0.350. The number of aliphatic hydroxyl groups excluding tert-OH is 1. The third kappa shape index (κ3) is 3.79. The molecule has 5 nitrogen and oxygen atoms in total. The summed E-state index contributed by atoms with van der Waals surface area (Å²) in [7, 11) is 0. The molecule has 26 heavy (non-hydrogen) atoms. The highest BCUT2D eigenvalue weighted by molar-refractivity contribution is 5.91. The Hall–Kier alpha value is -2.24. The second-order valence-electron chi connectivity index (χ2n) is 6.64. The van der Waals surface area contributed by atoms with E-state index in [4.69, 9.17) is 4.98 Å². The zero-order valence-corrected chi connectivity index (χ0v) is 15.5. The molecule has 3 heterocycles. The van der Waals surface area contributed by atoms with E-state index in [-0.39, 0.29) is 25.1 Å². The lowest BCUT2D eigenvalue weighted by atomic mass is 10.0. The van der Waals surface area contributed by atoms with Crippen molar-refractivity contribution >= 4 is 34.9 Å². The average molecular weight is 373 g/mol. The average Bonchev–Trinajstić information content (AvgIpc) is 3.15. The highest BCUT2D eigenvalue weighted by Gasteiger charge is 2.24. The molecule has 1 atom stereocenters. The number of piperidine rings is 1. The van der Waals surface area contributed by atoms with Crippen LogP contribution < -0.4 is 10.2 Å². The molecule has 1 aromatic carbocycles. The monoisotopic (exact) mass is 372 g/mol. The Morgan fingerprint density at radius 1 is 1.19 bits per heavy atom. The molecular weight excluding hydrogens is 348 g/mol. The van der Waals surface area contributed by atoms with Crippen LogP contribution >= 0.6 is 12.4 Å². The molecule has 138 valence electrons. The maximum absolute atomic E-state index is 9.73. The maximum atomic E-state index is 9.73. The molecule has 0 radical (unpaired) electrons. The number of aromatic nitrogens is 2. The van der Waals surface area contributed by atoms with E-state index < -0.39 is 0 Å². The van der Waals surface area contributed by atoms with Crippen molar-refractivity contribution < 1.29 is 5.11 Å². The Bertz CT molecular complexity index is 836. The summed E-state index contributed by atoms with van der Waals surface area (Å²) in [6.07, 6.45) is 5.29. The molecule has 1 aliphatic rings. The minimum atomic E-state index is 0. The van der Waals surface area contributed by atoms with Crippen LogP contribution in [0.5, 0.6) is 0 Å². The first-order valence-corrected chi connectivity index (χ1v) is 8.98. The molecule has 1 saturated heterocycles. The van der Waals surface area contributed by atoms with E-state index in [2.05, 4.69) is 39.5 Å². The van der Waals surface area contributed by atoms with E-state index in [1.165, 1.54) is 12.0 Å². The summed E-state index contributed by atoms with van der Waals surface area (Å²) in [5.74, 6) is 1.81. The molecule has 3 aromatic rings. The van der Waals surface area contributed by atoms with Crippen molar-refractivity contribution in [3.05, 3.63) is 54.2 Å². The van der Waals surface area contributed by atoms with Crippen LogP contribution in [-0.4, -0.2) is 34.3 Å². The third-order valence-electron chi connectivity index (χ3n) is 4.96. The van der Waals surface area contributed by atoms with Crippen molar-refractivity contribution in [3.8, 4) is 0 Å². The molecule has 0 spiro atoms. The second kappa shape index (κ2) is 8.43.